The third kappa shape index (κ3) is 3.27. The molecule has 1 aromatic heterocycles. The quantitative estimate of drug-likeness (QED) is 0.797. The van der Waals surface area contributed by atoms with Crippen molar-refractivity contribution in [3.8, 4) is 0 Å². The summed E-state index contributed by atoms with van der Waals surface area (Å²) in [5, 5.41) is 13.7. The summed E-state index contributed by atoms with van der Waals surface area (Å²) in [7, 11) is 0. The summed E-state index contributed by atoms with van der Waals surface area (Å²) in [6, 6.07) is 13.8. The van der Waals surface area contributed by atoms with E-state index < -0.39 is 0 Å². The van der Waals surface area contributed by atoms with Crippen LogP contribution in [-0.2, 0) is 19.4 Å². The summed E-state index contributed by atoms with van der Waals surface area (Å²) in [4.78, 5) is 12.6. The number of aromatic nitrogens is 3. The zero-order valence-electron chi connectivity index (χ0n) is 14.2. The number of nitrogens with zero attached hydrogens (tertiary/aromatic N) is 3. The fraction of sp³-hybridized carbons (Fsp3) is 0.350. The highest BCUT2D eigenvalue weighted by Crippen LogP contribution is 2.18. The van der Waals surface area contributed by atoms with Crippen LogP contribution in [0.2, 0.25) is 0 Å². The van der Waals surface area contributed by atoms with Crippen LogP contribution in [0, 0.1) is 0 Å². The van der Waals surface area contributed by atoms with Gasteiger partial charge in [0.1, 0.15) is 11.6 Å². The topological polar surface area (TPSA) is 59.8 Å². The number of benzene rings is 2. The Balaban J connectivity index is 1.43. The van der Waals surface area contributed by atoms with E-state index in [2.05, 4.69) is 20.1 Å². The van der Waals surface area contributed by atoms with Gasteiger partial charge in [0.15, 0.2) is 0 Å². The van der Waals surface area contributed by atoms with E-state index >= 15 is 0 Å². The van der Waals surface area contributed by atoms with Gasteiger partial charge in [-0.05, 0) is 29.7 Å². The highest BCUT2D eigenvalue weighted by atomic mass is 16.1. The van der Waals surface area contributed by atoms with Gasteiger partial charge in [0.2, 0.25) is 0 Å². The highest BCUT2D eigenvalue weighted by Gasteiger charge is 2.15. The van der Waals surface area contributed by atoms with E-state index in [4.69, 9.17) is 0 Å². The van der Waals surface area contributed by atoms with Crippen LogP contribution in [0.4, 0.5) is 0 Å². The van der Waals surface area contributed by atoms with E-state index in [0.29, 0.717) is 13.0 Å². The molecule has 128 valence electrons. The molecule has 4 rings (SSSR count). The fourth-order valence-corrected chi connectivity index (χ4v) is 3.54. The van der Waals surface area contributed by atoms with Gasteiger partial charge in [-0.3, -0.25) is 4.79 Å². The molecule has 3 aromatic rings. The third-order valence-corrected chi connectivity index (χ3v) is 4.85. The maximum absolute atomic E-state index is 12.6. The molecule has 0 unspecified atom stereocenters. The average Bonchev–Trinajstić information content (AvgIpc) is 2.88. The molecule has 1 aliphatic rings. The van der Waals surface area contributed by atoms with Gasteiger partial charge in [0.25, 0.3) is 5.91 Å². The van der Waals surface area contributed by atoms with Gasteiger partial charge in [-0.15, -0.1) is 10.2 Å². The number of hydrogen-bond acceptors (Lipinski definition) is 3. The van der Waals surface area contributed by atoms with E-state index in [9.17, 15) is 4.79 Å². The van der Waals surface area contributed by atoms with Crippen molar-refractivity contribution in [2.75, 3.05) is 6.54 Å². The lowest BCUT2D eigenvalue weighted by molar-refractivity contribution is 0.0955. The summed E-state index contributed by atoms with van der Waals surface area (Å²) in [6.07, 6.45) is 5.34. The SMILES string of the molecule is O=C(NCCc1nnc2n1CCCCC2)c1cccc2ccccc12. The molecule has 25 heavy (non-hydrogen) atoms. The first-order valence-corrected chi connectivity index (χ1v) is 9.00. The highest BCUT2D eigenvalue weighted by molar-refractivity contribution is 6.06. The van der Waals surface area contributed by atoms with Crippen molar-refractivity contribution >= 4 is 16.7 Å². The lowest BCUT2D eigenvalue weighted by atomic mass is 10.0. The summed E-state index contributed by atoms with van der Waals surface area (Å²) in [5.74, 6) is 2.04. The third-order valence-electron chi connectivity index (χ3n) is 4.85. The molecule has 5 nitrogen and oxygen atoms in total. The van der Waals surface area contributed by atoms with E-state index in [0.717, 1.165) is 41.0 Å². The smallest absolute Gasteiger partial charge is 0.251 e. The monoisotopic (exact) mass is 334 g/mol. The van der Waals surface area contributed by atoms with E-state index in [1.165, 1.54) is 19.3 Å². The maximum Gasteiger partial charge on any atom is 0.251 e. The average molecular weight is 334 g/mol. The predicted octanol–water partition coefficient (Wildman–Crippen LogP) is 3.13. The number of carbonyl (C=O) groups excluding carboxylic acids is 1. The molecule has 0 saturated carbocycles. The molecule has 2 heterocycles. The molecular formula is C20H22N4O. The molecule has 5 heteroatoms. The van der Waals surface area contributed by atoms with Gasteiger partial charge < -0.3 is 9.88 Å². The van der Waals surface area contributed by atoms with Gasteiger partial charge in [-0.1, -0.05) is 42.8 Å². The molecule has 0 fully saturated rings. The van der Waals surface area contributed by atoms with Gasteiger partial charge in [0.05, 0.1) is 0 Å². The number of fused-ring (bicyclic) bond motifs is 2. The molecule has 1 amide bonds. The minimum absolute atomic E-state index is 0.0348. The number of aryl methyl sites for hydroxylation is 1. The fourth-order valence-electron chi connectivity index (χ4n) is 3.54. The molecule has 0 atom stereocenters. The minimum atomic E-state index is -0.0348. The summed E-state index contributed by atoms with van der Waals surface area (Å²) in [5.41, 5.74) is 0.721. The van der Waals surface area contributed by atoms with Crippen molar-refractivity contribution in [3.05, 3.63) is 59.7 Å². The van der Waals surface area contributed by atoms with Crippen LogP contribution in [0.5, 0.6) is 0 Å². The Kier molecular flexibility index (Phi) is 4.46. The van der Waals surface area contributed by atoms with Crippen LogP contribution in [-0.4, -0.2) is 27.2 Å². The molecule has 1 aliphatic heterocycles. The number of rotatable bonds is 4. The van der Waals surface area contributed by atoms with E-state index in [1.807, 2.05) is 42.5 Å². The molecular weight excluding hydrogens is 312 g/mol. The molecule has 1 N–H and O–H groups in total. The second-order valence-corrected chi connectivity index (χ2v) is 6.53. The number of nitrogens with one attached hydrogen (secondary N) is 1. The molecule has 2 aromatic carbocycles. The van der Waals surface area contributed by atoms with Crippen molar-refractivity contribution < 1.29 is 4.79 Å². The summed E-state index contributed by atoms with van der Waals surface area (Å²) in [6.45, 7) is 1.56. The van der Waals surface area contributed by atoms with Crippen LogP contribution in [0.3, 0.4) is 0 Å². The second kappa shape index (κ2) is 7.05. The Morgan fingerprint density at radius 2 is 1.92 bits per heavy atom. The van der Waals surface area contributed by atoms with Gasteiger partial charge >= 0.3 is 0 Å². The van der Waals surface area contributed by atoms with Crippen LogP contribution in [0.25, 0.3) is 10.8 Å². The first-order chi connectivity index (χ1) is 12.3. The van der Waals surface area contributed by atoms with Crippen LogP contribution in [0.1, 0.15) is 41.3 Å². The molecule has 0 spiro atoms. The Morgan fingerprint density at radius 1 is 1.04 bits per heavy atom. The Bertz CT molecular complexity index is 894. The van der Waals surface area contributed by atoms with Crippen molar-refractivity contribution in [1.82, 2.24) is 20.1 Å². The summed E-state index contributed by atoms with van der Waals surface area (Å²) >= 11 is 0. The largest absolute Gasteiger partial charge is 0.352 e. The predicted molar refractivity (Wildman–Crippen MR) is 97.6 cm³/mol. The van der Waals surface area contributed by atoms with Crippen LogP contribution < -0.4 is 5.32 Å². The van der Waals surface area contributed by atoms with Crippen molar-refractivity contribution in [2.45, 2.75) is 38.6 Å². The minimum Gasteiger partial charge on any atom is -0.352 e. The standard InChI is InChI=1S/C20H22N4O/c25-20(17-10-6-8-15-7-3-4-9-16(15)17)21-13-12-19-23-22-18-11-2-1-5-14-24(18)19/h3-4,6-10H,1-2,5,11-14H2,(H,21,25). The normalized spacial score (nSPS) is 14.1. The maximum atomic E-state index is 12.6. The Hall–Kier alpha value is -2.69. The molecule has 0 radical (unpaired) electrons. The second-order valence-electron chi connectivity index (χ2n) is 6.53. The molecule has 0 saturated heterocycles. The lowest BCUT2D eigenvalue weighted by Gasteiger charge is -2.09. The van der Waals surface area contributed by atoms with Crippen molar-refractivity contribution in [1.29, 1.82) is 0 Å². The van der Waals surface area contributed by atoms with Gasteiger partial charge in [0, 0.05) is 31.5 Å². The first-order valence-electron chi connectivity index (χ1n) is 9.00. The first kappa shape index (κ1) is 15.8. The van der Waals surface area contributed by atoms with Crippen molar-refractivity contribution in [2.24, 2.45) is 0 Å². The Morgan fingerprint density at radius 3 is 2.88 bits per heavy atom. The molecule has 0 aliphatic carbocycles. The molecule has 0 bridgehead atoms. The Labute approximate surface area is 147 Å². The van der Waals surface area contributed by atoms with E-state index in [1.54, 1.807) is 0 Å². The lowest BCUT2D eigenvalue weighted by Crippen LogP contribution is -2.26. The zero-order chi connectivity index (χ0) is 17.1. The van der Waals surface area contributed by atoms with Crippen LogP contribution in [0.15, 0.2) is 42.5 Å². The van der Waals surface area contributed by atoms with Gasteiger partial charge in [-0.2, -0.15) is 0 Å². The summed E-state index contributed by atoms with van der Waals surface area (Å²) < 4.78 is 2.23. The van der Waals surface area contributed by atoms with Gasteiger partial charge in [-0.25, -0.2) is 0 Å². The number of hydrogen-bond donors (Lipinski definition) is 1. The van der Waals surface area contributed by atoms with E-state index in [-0.39, 0.29) is 5.91 Å². The van der Waals surface area contributed by atoms with Crippen LogP contribution >= 0.6 is 0 Å². The zero-order valence-corrected chi connectivity index (χ0v) is 14.2. The van der Waals surface area contributed by atoms with Crippen molar-refractivity contribution in [3.63, 3.8) is 0 Å². The number of carbonyl (C=O) groups is 1. The number of amides is 1.